The lowest BCUT2D eigenvalue weighted by molar-refractivity contribution is 0.233. The second-order valence-electron chi connectivity index (χ2n) is 13.0. The average molecular weight is 729 g/mol. The zero-order valence-electron chi connectivity index (χ0n) is 29.4. The van der Waals surface area contributed by atoms with Crippen molar-refractivity contribution in [3.63, 3.8) is 0 Å². The molecule has 1 unspecified atom stereocenters. The van der Waals surface area contributed by atoms with Gasteiger partial charge >= 0.3 is 0 Å². The van der Waals surface area contributed by atoms with E-state index in [2.05, 4.69) is 46.9 Å². The van der Waals surface area contributed by atoms with Crippen molar-refractivity contribution in [2.24, 2.45) is 5.92 Å². The van der Waals surface area contributed by atoms with Gasteiger partial charge in [-0.05, 0) is 72.0 Å². The van der Waals surface area contributed by atoms with Crippen LogP contribution in [0.25, 0.3) is 69.8 Å². The molecule has 2 N–H and O–H groups in total. The van der Waals surface area contributed by atoms with Crippen LogP contribution in [-0.4, -0.2) is 26.5 Å². The van der Waals surface area contributed by atoms with Gasteiger partial charge in [-0.3, -0.25) is 0 Å². The predicted molar refractivity (Wildman–Crippen MR) is 218 cm³/mol. The highest BCUT2D eigenvalue weighted by Crippen LogP contribution is 2.35. The Morgan fingerprint density at radius 1 is 0.774 bits per heavy atom. The highest BCUT2D eigenvalue weighted by atomic mass is 32.1. The Labute approximate surface area is 315 Å². The van der Waals surface area contributed by atoms with Crippen LogP contribution in [0.1, 0.15) is 49.5 Å². The lowest BCUT2D eigenvalue weighted by Crippen LogP contribution is -2.11. The molecule has 0 bridgehead atoms. The number of nitrogens with zero attached hydrogens (tertiary/aromatic N) is 4. The third-order valence-electron chi connectivity index (χ3n) is 9.70. The highest BCUT2D eigenvalue weighted by molar-refractivity contribution is 7.20. The number of fused-ring (bicyclic) bond motifs is 3. The Morgan fingerprint density at radius 3 is 1.98 bits per heavy atom. The molecule has 0 aliphatic carbocycles. The van der Waals surface area contributed by atoms with E-state index in [1.165, 1.54) is 35.5 Å². The van der Waals surface area contributed by atoms with Crippen LogP contribution in [-0.2, 0) is 0 Å². The SMILES string of the molecule is [C-]#[N+]/C(c1nc2ccccc2s1)=c1/[nH]c(-c2ccc(OCC(CC)CCCC)cc2)c2/c(=C(\C#N)c3nc4ccccc4s3)[nH]c(-c3ccccc3)c12. The van der Waals surface area contributed by atoms with E-state index in [4.69, 9.17) is 21.3 Å². The maximum atomic E-state index is 10.9. The smallest absolute Gasteiger partial charge is 0.245 e. The molecule has 0 aliphatic heterocycles. The van der Waals surface area contributed by atoms with Crippen LogP contribution >= 0.6 is 22.7 Å². The van der Waals surface area contributed by atoms with Crippen LogP contribution < -0.4 is 15.4 Å². The van der Waals surface area contributed by atoms with Gasteiger partial charge in [0.1, 0.15) is 27.4 Å². The second-order valence-corrected chi connectivity index (χ2v) is 15.1. The molecule has 53 heavy (non-hydrogen) atoms. The molecule has 4 heterocycles. The van der Waals surface area contributed by atoms with Gasteiger partial charge in [-0.25, -0.2) is 14.8 Å². The van der Waals surface area contributed by atoms with Crippen LogP contribution in [0, 0.1) is 23.8 Å². The molecule has 9 heteroatoms. The number of hydrogen-bond acceptors (Lipinski definition) is 6. The number of hydrogen-bond donors (Lipinski definition) is 2. The molecule has 0 radical (unpaired) electrons. The maximum Gasteiger partial charge on any atom is 0.245 e. The Kier molecular flexibility index (Phi) is 9.60. The molecule has 260 valence electrons. The van der Waals surface area contributed by atoms with E-state index < -0.39 is 0 Å². The molecule has 0 fully saturated rings. The number of nitrogens with one attached hydrogen (secondary N) is 2. The number of ether oxygens (including phenoxy) is 1. The van der Waals surface area contributed by atoms with E-state index in [0.717, 1.165) is 72.3 Å². The molecule has 8 rings (SSSR count). The summed E-state index contributed by atoms with van der Waals surface area (Å²) in [5.74, 6) is 1.33. The van der Waals surface area contributed by atoms with Crippen molar-refractivity contribution in [2.45, 2.75) is 39.5 Å². The molecule has 0 spiro atoms. The highest BCUT2D eigenvalue weighted by Gasteiger charge is 2.24. The minimum Gasteiger partial charge on any atom is -0.493 e. The molecule has 7 nitrogen and oxygen atoms in total. The summed E-state index contributed by atoms with van der Waals surface area (Å²) in [5, 5.41) is 15.1. The first-order valence-corrected chi connectivity index (χ1v) is 19.5. The first-order chi connectivity index (χ1) is 26.1. The summed E-state index contributed by atoms with van der Waals surface area (Å²) in [5.41, 5.74) is 5.98. The first kappa shape index (κ1) is 34.1. The predicted octanol–water partition coefficient (Wildman–Crippen LogP) is 10.4. The lowest BCUT2D eigenvalue weighted by Gasteiger charge is -2.15. The van der Waals surface area contributed by atoms with E-state index in [1.54, 1.807) is 0 Å². The minimum atomic E-state index is 0.418. The number of unbranched alkanes of at least 4 members (excludes halogenated alkanes) is 1. The normalized spacial score (nSPS) is 13.2. The number of benzene rings is 4. The van der Waals surface area contributed by atoms with Crippen molar-refractivity contribution >= 4 is 65.1 Å². The fourth-order valence-corrected chi connectivity index (χ4v) is 8.79. The minimum absolute atomic E-state index is 0.418. The van der Waals surface area contributed by atoms with Gasteiger partial charge in [0.2, 0.25) is 5.70 Å². The summed E-state index contributed by atoms with van der Waals surface area (Å²) in [6.07, 6.45) is 4.63. The number of aromatic nitrogens is 4. The molecule has 0 amide bonds. The third-order valence-corrected chi connectivity index (χ3v) is 11.8. The largest absolute Gasteiger partial charge is 0.493 e. The van der Waals surface area contributed by atoms with Gasteiger partial charge in [0.05, 0.1) is 55.7 Å². The average Bonchev–Trinajstić information content (AvgIpc) is 4.00. The van der Waals surface area contributed by atoms with Crippen molar-refractivity contribution in [3.8, 4) is 34.3 Å². The van der Waals surface area contributed by atoms with Gasteiger partial charge in [-0.2, -0.15) is 5.26 Å². The van der Waals surface area contributed by atoms with Crippen LogP contribution in [0.2, 0.25) is 0 Å². The first-order valence-electron chi connectivity index (χ1n) is 17.9. The molecule has 8 aromatic rings. The Hall–Kier alpha value is -6.00. The molecule has 1 atom stereocenters. The third kappa shape index (κ3) is 6.51. The van der Waals surface area contributed by atoms with Crippen LogP contribution in [0.4, 0.5) is 0 Å². The maximum absolute atomic E-state index is 10.9. The van der Waals surface area contributed by atoms with E-state index in [-0.39, 0.29) is 0 Å². The Balaban J connectivity index is 1.41. The van der Waals surface area contributed by atoms with E-state index >= 15 is 0 Å². The number of nitriles is 1. The molecule has 4 aromatic carbocycles. The number of thiazole rings is 2. The molecule has 0 saturated carbocycles. The molecular formula is C44H36N6OS2. The molecule has 0 saturated heterocycles. The van der Waals surface area contributed by atoms with E-state index in [1.807, 2.05) is 91.0 Å². The van der Waals surface area contributed by atoms with Crippen LogP contribution in [0.15, 0.2) is 103 Å². The number of aromatic amines is 2. The summed E-state index contributed by atoms with van der Waals surface area (Å²) >= 11 is 2.99. The van der Waals surface area contributed by atoms with Crippen molar-refractivity contribution in [1.29, 1.82) is 5.26 Å². The van der Waals surface area contributed by atoms with E-state index in [9.17, 15) is 5.26 Å². The van der Waals surface area contributed by atoms with Crippen molar-refractivity contribution in [3.05, 3.63) is 135 Å². The second kappa shape index (κ2) is 14.9. The monoisotopic (exact) mass is 728 g/mol. The van der Waals surface area contributed by atoms with E-state index in [0.29, 0.717) is 44.5 Å². The van der Waals surface area contributed by atoms with Gasteiger partial charge in [-0.1, -0.05) is 87.7 Å². The van der Waals surface area contributed by atoms with Gasteiger partial charge in [-0.15, -0.1) is 22.7 Å². The zero-order valence-corrected chi connectivity index (χ0v) is 31.1. The number of rotatable bonds is 11. The fraction of sp³-hybridized carbons (Fsp3) is 0.182. The van der Waals surface area contributed by atoms with Gasteiger partial charge in [0.15, 0.2) is 0 Å². The number of H-pyrrole nitrogens is 2. The van der Waals surface area contributed by atoms with Gasteiger partial charge in [0.25, 0.3) is 0 Å². The quantitative estimate of drug-likeness (QED) is 0.130. The topological polar surface area (TPSA) is 94.7 Å². The zero-order chi connectivity index (χ0) is 36.3. The number of para-hydroxylation sites is 2. The molecule has 0 aliphatic rings. The van der Waals surface area contributed by atoms with Crippen LogP contribution in [0.3, 0.4) is 0 Å². The summed E-state index contributed by atoms with van der Waals surface area (Å²) in [7, 11) is 0. The fourth-order valence-electron chi connectivity index (χ4n) is 6.86. The lowest BCUT2D eigenvalue weighted by atomic mass is 10.0. The summed E-state index contributed by atoms with van der Waals surface area (Å²) in [6, 6.07) is 36.6. The summed E-state index contributed by atoms with van der Waals surface area (Å²) in [4.78, 5) is 21.3. The Morgan fingerprint density at radius 2 is 1.36 bits per heavy atom. The Bertz CT molecular complexity index is 2630. The van der Waals surface area contributed by atoms with Gasteiger partial charge in [0, 0.05) is 10.8 Å². The summed E-state index contributed by atoms with van der Waals surface area (Å²) in [6.45, 7) is 13.6. The van der Waals surface area contributed by atoms with Crippen LogP contribution in [0.5, 0.6) is 5.75 Å². The molecule has 4 aromatic heterocycles. The van der Waals surface area contributed by atoms with Crippen molar-refractivity contribution < 1.29 is 4.74 Å². The molecular weight excluding hydrogens is 693 g/mol. The summed E-state index contributed by atoms with van der Waals surface area (Å²) < 4.78 is 8.30. The van der Waals surface area contributed by atoms with Gasteiger partial charge < -0.3 is 14.7 Å². The van der Waals surface area contributed by atoms with Crippen molar-refractivity contribution in [2.75, 3.05) is 6.61 Å². The standard InChI is InChI=1S/C44H36N6OS2/c1-4-6-14-27(5-2)26-51-30-23-21-29(22-24-30)39-36-37(41(50-39)42(46-3)44-48-33-18-11-13-20-35(33)53-44)38(28-15-8-7-9-16-28)49-40(36)31(25-45)43-47-32-17-10-12-19-34(32)52-43/h7-13,15-24,27,49-50H,4-6,14,26H2,1-2H3/b40-31-,42-41+. The van der Waals surface area contributed by atoms with Crippen molar-refractivity contribution in [1.82, 2.24) is 19.9 Å².